The highest BCUT2D eigenvalue weighted by Crippen LogP contribution is 2.39. The van der Waals surface area contributed by atoms with Crippen LogP contribution in [0.5, 0.6) is 11.5 Å². The summed E-state index contributed by atoms with van der Waals surface area (Å²) in [5.41, 5.74) is 0.772. The van der Waals surface area contributed by atoms with Crippen LogP contribution < -0.4 is 9.47 Å². The molecule has 0 spiro atoms. The van der Waals surface area contributed by atoms with Crippen molar-refractivity contribution in [1.82, 2.24) is 4.98 Å². The summed E-state index contributed by atoms with van der Waals surface area (Å²) in [6.45, 7) is 3.14. The number of sulfone groups is 1. The number of nitrogens with zero attached hydrogens (tertiary/aromatic N) is 1. The minimum absolute atomic E-state index is 0.0694. The van der Waals surface area contributed by atoms with Gasteiger partial charge in [0.1, 0.15) is 17.2 Å². The van der Waals surface area contributed by atoms with Crippen molar-refractivity contribution >= 4 is 20.9 Å². The highest BCUT2D eigenvalue weighted by atomic mass is 32.2. The molecule has 0 aliphatic heterocycles. The summed E-state index contributed by atoms with van der Waals surface area (Å²) in [4.78, 5) is 2.94. The third kappa shape index (κ3) is 4.25. The van der Waals surface area contributed by atoms with Crippen molar-refractivity contribution in [3.63, 3.8) is 0 Å². The van der Waals surface area contributed by atoms with Gasteiger partial charge in [-0.05, 0) is 61.5 Å². The molecule has 0 fully saturated rings. The average molecular weight is 476 g/mol. The summed E-state index contributed by atoms with van der Waals surface area (Å²) in [6, 6.07) is 11.8. The number of rotatable bonds is 5. The van der Waals surface area contributed by atoms with Crippen LogP contribution in [0.15, 0.2) is 65.7 Å². The second kappa shape index (κ2) is 8.11. The van der Waals surface area contributed by atoms with Crippen LogP contribution in [-0.4, -0.2) is 19.2 Å². The molecule has 172 valence electrons. The third-order valence-electron chi connectivity index (χ3n) is 5.28. The molecule has 0 unspecified atom stereocenters. The second-order valence-electron chi connectivity index (χ2n) is 7.42. The lowest BCUT2D eigenvalue weighted by molar-refractivity contribution is -0.586. The first-order chi connectivity index (χ1) is 15.5. The fraction of sp³-hybridized carbons (Fsp3) is 0.174. The van der Waals surface area contributed by atoms with Gasteiger partial charge in [-0.15, -0.1) is 0 Å². The Morgan fingerprint density at radius 2 is 1.73 bits per heavy atom. The van der Waals surface area contributed by atoms with Crippen LogP contribution in [0.4, 0.5) is 13.2 Å². The summed E-state index contributed by atoms with van der Waals surface area (Å²) < 4.78 is 70.3. The normalized spacial score (nSPS) is 12.3. The van der Waals surface area contributed by atoms with E-state index in [0.717, 1.165) is 16.9 Å². The standard InChI is InChI=1S/C23H19F3N2O4S/c1-3-33(30,31)17-8-9-21(32-16-6-4-15(5-7-16)23(24,25)26)20(13-17)19-12-14(2)28(29)22-18(19)10-11-27-22/h4-13,27H,3H2,1-2H3. The summed E-state index contributed by atoms with van der Waals surface area (Å²) in [6.07, 6.45) is -2.89. The topological polar surface area (TPSA) is 86.1 Å². The summed E-state index contributed by atoms with van der Waals surface area (Å²) in [7, 11) is -3.55. The molecule has 6 nitrogen and oxygen atoms in total. The number of H-pyrrole nitrogens is 1. The van der Waals surface area contributed by atoms with Crippen molar-refractivity contribution in [2.45, 2.75) is 24.9 Å². The number of ether oxygens (including phenoxy) is 1. The van der Waals surface area contributed by atoms with Crippen LogP contribution in [-0.2, 0) is 16.0 Å². The predicted molar refractivity (Wildman–Crippen MR) is 117 cm³/mol. The van der Waals surface area contributed by atoms with Gasteiger partial charge >= 0.3 is 6.18 Å². The van der Waals surface area contributed by atoms with Gasteiger partial charge in [0, 0.05) is 11.1 Å². The van der Waals surface area contributed by atoms with E-state index in [4.69, 9.17) is 4.74 Å². The number of alkyl halides is 3. The molecule has 0 aliphatic carbocycles. The Labute approximate surface area is 187 Å². The molecule has 2 heterocycles. The SMILES string of the molecule is CCS(=O)(=O)c1ccc(Oc2ccc(C(F)(F)F)cc2)c(-c2cc(C)[n+]([O-])c3[nH]ccc23)c1. The molecular weight excluding hydrogens is 457 g/mol. The largest absolute Gasteiger partial charge is 0.710 e. The molecule has 0 saturated heterocycles. The van der Waals surface area contributed by atoms with E-state index in [1.54, 1.807) is 25.3 Å². The lowest BCUT2D eigenvalue weighted by Crippen LogP contribution is -2.31. The van der Waals surface area contributed by atoms with Gasteiger partial charge in [0.25, 0.3) is 5.65 Å². The number of pyridine rings is 1. The summed E-state index contributed by atoms with van der Waals surface area (Å²) in [5, 5.41) is 12.9. The Bertz CT molecular complexity index is 1440. The molecule has 33 heavy (non-hydrogen) atoms. The second-order valence-corrected chi connectivity index (χ2v) is 9.70. The minimum Gasteiger partial charge on any atom is -0.710 e. The number of fused-ring (bicyclic) bond motifs is 1. The fourth-order valence-corrected chi connectivity index (χ4v) is 4.40. The van der Waals surface area contributed by atoms with E-state index in [1.165, 1.54) is 37.3 Å². The summed E-state index contributed by atoms with van der Waals surface area (Å²) >= 11 is 0. The molecule has 4 rings (SSSR count). The summed E-state index contributed by atoms with van der Waals surface area (Å²) in [5.74, 6) is 0.266. The average Bonchev–Trinajstić information content (AvgIpc) is 3.26. The quantitative estimate of drug-likeness (QED) is 0.310. The number of aryl methyl sites for hydroxylation is 1. The van der Waals surface area contributed by atoms with Gasteiger partial charge in [0.15, 0.2) is 9.84 Å². The van der Waals surface area contributed by atoms with E-state index in [-0.39, 0.29) is 27.8 Å². The van der Waals surface area contributed by atoms with Gasteiger partial charge in [-0.1, -0.05) is 6.92 Å². The Hall–Kier alpha value is -3.53. The molecule has 0 amide bonds. The number of hydrogen-bond donors (Lipinski definition) is 1. The zero-order valence-corrected chi connectivity index (χ0v) is 18.4. The van der Waals surface area contributed by atoms with E-state index in [0.29, 0.717) is 22.2 Å². The molecule has 4 aromatic rings. The van der Waals surface area contributed by atoms with Crippen molar-refractivity contribution in [2.24, 2.45) is 0 Å². The molecule has 2 aromatic carbocycles. The van der Waals surface area contributed by atoms with Gasteiger partial charge in [-0.2, -0.15) is 13.2 Å². The van der Waals surface area contributed by atoms with E-state index in [1.807, 2.05) is 0 Å². The lowest BCUT2D eigenvalue weighted by atomic mass is 10.0. The molecule has 0 atom stereocenters. The van der Waals surface area contributed by atoms with Gasteiger partial charge in [0.2, 0.25) is 0 Å². The Kier molecular flexibility index (Phi) is 5.57. The first-order valence-corrected chi connectivity index (χ1v) is 11.6. The maximum Gasteiger partial charge on any atom is 0.416 e. The fourth-order valence-electron chi connectivity index (χ4n) is 3.50. The van der Waals surface area contributed by atoms with E-state index in [9.17, 15) is 26.8 Å². The molecular formula is C23H19F3N2O4S. The number of aromatic amines is 1. The van der Waals surface area contributed by atoms with E-state index in [2.05, 4.69) is 4.98 Å². The molecule has 0 bridgehead atoms. The van der Waals surface area contributed by atoms with Crippen LogP contribution in [0.3, 0.4) is 0 Å². The predicted octanol–water partition coefficient (Wildman–Crippen LogP) is 5.38. The number of hydrogen-bond acceptors (Lipinski definition) is 4. The Morgan fingerprint density at radius 3 is 2.36 bits per heavy atom. The third-order valence-corrected chi connectivity index (χ3v) is 7.01. The van der Waals surface area contributed by atoms with Crippen LogP contribution in [0.25, 0.3) is 22.2 Å². The molecule has 10 heteroatoms. The van der Waals surface area contributed by atoms with Crippen molar-refractivity contribution in [2.75, 3.05) is 5.75 Å². The monoisotopic (exact) mass is 476 g/mol. The van der Waals surface area contributed by atoms with Gasteiger partial charge < -0.3 is 9.94 Å². The van der Waals surface area contributed by atoms with Gasteiger partial charge in [-0.25, -0.2) is 18.1 Å². The van der Waals surface area contributed by atoms with Gasteiger partial charge in [0.05, 0.1) is 27.8 Å². The lowest BCUT2D eigenvalue weighted by Gasteiger charge is -2.16. The van der Waals surface area contributed by atoms with Gasteiger partial charge in [-0.3, -0.25) is 0 Å². The molecule has 2 aromatic heterocycles. The number of halogens is 3. The maximum absolute atomic E-state index is 12.9. The smallest absolute Gasteiger partial charge is 0.416 e. The molecule has 0 saturated carbocycles. The van der Waals surface area contributed by atoms with Crippen LogP contribution in [0, 0.1) is 12.1 Å². The number of aromatic nitrogens is 2. The van der Waals surface area contributed by atoms with Crippen molar-refractivity contribution < 1.29 is 31.1 Å². The molecule has 0 aliphatic rings. The van der Waals surface area contributed by atoms with Crippen LogP contribution in [0.1, 0.15) is 18.2 Å². The van der Waals surface area contributed by atoms with E-state index < -0.39 is 21.6 Å². The van der Waals surface area contributed by atoms with Crippen molar-refractivity contribution in [3.8, 4) is 22.6 Å². The minimum atomic E-state index is -4.48. The number of benzene rings is 2. The first-order valence-electron chi connectivity index (χ1n) is 9.94. The molecule has 0 radical (unpaired) electrons. The first kappa shape index (κ1) is 22.7. The zero-order chi connectivity index (χ0) is 24.0. The highest BCUT2D eigenvalue weighted by Gasteiger charge is 2.30. The molecule has 1 N–H and O–H groups in total. The van der Waals surface area contributed by atoms with Crippen LogP contribution in [0.2, 0.25) is 0 Å². The van der Waals surface area contributed by atoms with Crippen molar-refractivity contribution in [1.29, 1.82) is 0 Å². The Morgan fingerprint density at radius 1 is 1.03 bits per heavy atom. The highest BCUT2D eigenvalue weighted by molar-refractivity contribution is 7.91. The van der Waals surface area contributed by atoms with Crippen LogP contribution >= 0.6 is 0 Å². The number of nitrogens with one attached hydrogen (secondary N) is 1. The Balaban J connectivity index is 1.89. The zero-order valence-electron chi connectivity index (χ0n) is 17.6. The van der Waals surface area contributed by atoms with E-state index >= 15 is 0 Å². The van der Waals surface area contributed by atoms with Crippen molar-refractivity contribution in [3.05, 3.63) is 77.3 Å². The maximum atomic E-state index is 12.9.